The minimum absolute atomic E-state index is 0.816. The van der Waals surface area contributed by atoms with Crippen LogP contribution in [-0.2, 0) is 17.7 Å². The molecule has 0 saturated heterocycles. The first-order valence-electron chi connectivity index (χ1n) is 7.05. The molecular weight excluding hydrogens is 224 g/mol. The van der Waals surface area contributed by atoms with Crippen LogP contribution in [0.2, 0.25) is 0 Å². The van der Waals surface area contributed by atoms with Crippen molar-refractivity contribution in [3.63, 3.8) is 0 Å². The van der Waals surface area contributed by atoms with E-state index in [0.29, 0.717) is 0 Å². The number of fused-ring (bicyclic) bond motifs is 1. The first-order valence-corrected chi connectivity index (χ1v) is 7.05. The maximum atomic E-state index is 5.32. The van der Waals surface area contributed by atoms with Crippen LogP contribution in [0, 0.1) is 0 Å². The number of para-hydroxylation sites is 1. The highest BCUT2D eigenvalue weighted by atomic mass is 16.5. The Kier molecular flexibility index (Phi) is 5.49. The van der Waals surface area contributed by atoms with Gasteiger partial charge < -0.3 is 15.4 Å². The molecular formula is C15H24N2O. The summed E-state index contributed by atoms with van der Waals surface area (Å²) >= 11 is 0. The monoisotopic (exact) mass is 248 g/mol. The molecule has 0 bridgehead atoms. The molecule has 0 unspecified atom stereocenters. The van der Waals surface area contributed by atoms with Gasteiger partial charge in [-0.2, -0.15) is 0 Å². The standard InChI is InChI=1S/C15H24N2O/c1-2-18-11-5-9-16-12-14-7-3-6-13-8-4-10-17-15(13)14/h3,6-7,16-17H,2,4-5,8-12H2,1H3. The predicted octanol–water partition coefficient (Wildman–Crippen LogP) is 2.56. The molecule has 0 aromatic heterocycles. The van der Waals surface area contributed by atoms with Crippen LogP contribution in [0.25, 0.3) is 0 Å². The van der Waals surface area contributed by atoms with Gasteiger partial charge in [0.2, 0.25) is 0 Å². The van der Waals surface area contributed by atoms with E-state index in [4.69, 9.17) is 4.74 Å². The molecule has 100 valence electrons. The molecule has 0 saturated carbocycles. The molecule has 1 aliphatic rings. The Hall–Kier alpha value is -1.06. The van der Waals surface area contributed by atoms with Gasteiger partial charge in [-0.05, 0) is 43.9 Å². The van der Waals surface area contributed by atoms with Crippen LogP contribution in [0.4, 0.5) is 5.69 Å². The van der Waals surface area contributed by atoms with E-state index in [0.717, 1.165) is 39.3 Å². The Morgan fingerprint density at radius 1 is 1.39 bits per heavy atom. The molecule has 18 heavy (non-hydrogen) atoms. The fraction of sp³-hybridized carbons (Fsp3) is 0.600. The summed E-state index contributed by atoms with van der Waals surface area (Å²) in [5.74, 6) is 0. The summed E-state index contributed by atoms with van der Waals surface area (Å²) in [4.78, 5) is 0. The molecule has 2 rings (SSSR count). The average molecular weight is 248 g/mol. The third-order valence-electron chi connectivity index (χ3n) is 3.32. The zero-order valence-electron chi connectivity index (χ0n) is 11.3. The first kappa shape index (κ1) is 13.4. The number of rotatable bonds is 7. The fourth-order valence-electron chi connectivity index (χ4n) is 2.39. The number of anilines is 1. The van der Waals surface area contributed by atoms with E-state index in [1.807, 2.05) is 6.92 Å². The number of hydrogen-bond acceptors (Lipinski definition) is 3. The van der Waals surface area contributed by atoms with Crippen LogP contribution in [-0.4, -0.2) is 26.3 Å². The second-order valence-electron chi connectivity index (χ2n) is 4.71. The van der Waals surface area contributed by atoms with Crippen molar-refractivity contribution in [3.05, 3.63) is 29.3 Å². The van der Waals surface area contributed by atoms with Crippen molar-refractivity contribution in [1.82, 2.24) is 5.32 Å². The molecule has 0 atom stereocenters. The highest BCUT2D eigenvalue weighted by molar-refractivity contribution is 5.59. The lowest BCUT2D eigenvalue weighted by molar-refractivity contribution is 0.144. The normalized spacial score (nSPS) is 14.1. The van der Waals surface area contributed by atoms with E-state index < -0.39 is 0 Å². The van der Waals surface area contributed by atoms with Crippen LogP contribution in [0.15, 0.2) is 18.2 Å². The third kappa shape index (κ3) is 3.72. The Morgan fingerprint density at radius 3 is 3.22 bits per heavy atom. The lowest BCUT2D eigenvalue weighted by Gasteiger charge is -2.21. The fourth-order valence-corrected chi connectivity index (χ4v) is 2.39. The highest BCUT2D eigenvalue weighted by Crippen LogP contribution is 2.25. The smallest absolute Gasteiger partial charge is 0.0477 e. The van der Waals surface area contributed by atoms with E-state index in [1.165, 1.54) is 29.7 Å². The van der Waals surface area contributed by atoms with E-state index in [9.17, 15) is 0 Å². The Morgan fingerprint density at radius 2 is 2.33 bits per heavy atom. The van der Waals surface area contributed by atoms with Gasteiger partial charge in [0, 0.05) is 32.0 Å². The van der Waals surface area contributed by atoms with E-state index in [1.54, 1.807) is 0 Å². The van der Waals surface area contributed by atoms with Gasteiger partial charge >= 0.3 is 0 Å². The number of hydrogen-bond donors (Lipinski definition) is 2. The molecule has 1 aromatic carbocycles. The SMILES string of the molecule is CCOCCCNCc1cccc2c1NCCC2. The van der Waals surface area contributed by atoms with Crippen LogP contribution in [0.3, 0.4) is 0 Å². The summed E-state index contributed by atoms with van der Waals surface area (Å²) in [6.45, 7) is 6.78. The topological polar surface area (TPSA) is 33.3 Å². The Bertz CT molecular complexity index is 366. The van der Waals surface area contributed by atoms with Crippen molar-refractivity contribution in [2.24, 2.45) is 0 Å². The molecule has 0 aliphatic carbocycles. The van der Waals surface area contributed by atoms with Crippen molar-refractivity contribution < 1.29 is 4.74 Å². The summed E-state index contributed by atoms with van der Waals surface area (Å²) in [6, 6.07) is 6.62. The number of nitrogens with one attached hydrogen (secondary N) is 2. The van der Waals surface area contributed by atoms with Gasteiger partial charge in [0.05, 0.1) is 0 Å². The summed E-state index contributed by atoms with van der Waals surface area (Å²) in [5, 5.41) is 7.02. The van der Waals surface area contributed by atoms with Gasteiger partial charge in [-0.25, -0.2) is 0 Å². The van der Waals surface area contributed by atoms with Gasteiger partial charge in [-0.15, -0.1) is 0 Å². The average Bonchev–Trinajstić information content (AvgIpc) is 2.43. The lowest BCUT2D eigenvalue weighted by Crippen LogP contribution is -2.20. The molecule has 2 N–H and O–H groups in total. The van der Waals surface area contributed by atoms with E-state index in [-0.39, 0.29) is 0 Å². The zero-order chi connectivity index (χ0) is 12.6. The molecule has 1 aliphatic heterocycles. The summed E-state index contributed by atoms with van der Waals surface area (Å²) in [6.07, 6.45) is 3.54. The van der Waals surface area contributed by atoms with Crippen LogP contribution in [0.1, 0.15) is 30.9 Å². The van der Waals surface area contributed by atoms with Gasteiger partial charge in [-0.1, -0.05) is 18.2 Å². The lowest BCUT2D eigenvalue weighted by atomic mass is 9.99. The number of ether oxygens (including phenoxy) is 1. The van der Waals surface area contributed by atoms with Crippen molar-refractivity contribution in [1.29, 1.82) is 0 Å². The van der Waals surface area contributed by atoms with Crippen LogP contribution in [0.5, 0.6) is 0 Å². The zero-order valence-corrected chi connectivity index (χ0v) is 11.3. The predicted molar refractivity (Wildman–Crippen MR) is 76.1 cm³/mol. The molecule has 0 spiro atoms. The molecule has 3 nitrogen and oxygen atoms in total. The minimum atomic E-state index is 0.816. The van der Waals surface area contributed by atoms with E-state index in [2.05, 4.69) is 28.8 Å². The first-order chi connectivity index (χ1) is 8.92. The van der Waals surface area contributed by atoms with E-state index >= 15 is 0 Å². The van der Waals surface area contributed by atoms with Crippen molar-refractivity contribution in [3.8, 4) is 0 Å². The van der Waals surface area contributed by atoms with Crippen LogP contribution >= 0.6 is 0 Å². The molecule has 1 heterocycles. The Balaban J connectivity index is 1.79. The summed E-state index contributed by atoms with van der Waals surface area (Å²) in [5.41, 5.74) is 4.22. The largest absolute Gasteiger partial charge is 0.385 e. The van der Waals surface area contributed by atoms with Crippen molar-refractivity contribution >= 4 is 5.69 Å². The second kappa shape index (κ2) is 7.39. The molecule has 0 fully saturated rings. The van der Waals surface area contributed by atoms with Gasteiger partial charge in [0.15, 0.2) is 0 Å². The third-order valence-corrected chi connectivity index (χ3v) is 3.32. The molecule has 0 amide bonds. The Labute approximate surface area is 110 Å². The quantitative estimate of drug-likeness (QED) is 0.728. The minimum Gasteiger partial charge on any atom is -0.385 e. The molecule has 3 heteroatoms. The molecule has 1 aromatic rings. The van der Waals surface area contributed by atoms with Gasteiger partial charge in [0.1, 0.15) is 0 Å². The number of benzene rings is 1. The molecule has 0 radical (unpaired) electrons. The maximum absolute atomic E-state index is 5.32. The summed E-state index contributed by atoms with van der Waals surface area (Å²) in [7, 11) is 0. The maximum Gasteiger partial charge on any atom is 0.0477 e. The van der Waals surface area contributed by atoms with Gasteiger partial charge in [-0.3, -0.25) is 0 Å². The van der Waals surface area contributed by atoms with Crippen molar-refractivity contribution in [2.45, 2.75) is 32.7 Å². The second-order valence-corrected chi connectivity index (χ2v) is 4.71. The van der Waals surface area contributed by atoms with Crippen molar-refractivity contribution in [2.75, 3.05) is 31.6 Å². The highest BCUT2D eigenvalue weighted by Gasteiger charge is 2.11. The summed E-state index contributed by atoms with van der Waals surface area (Å²) < 4.78 is 5.32. The van der Waals surface area contributed by atoms with Gasteiger partial charge in [0.25, 0.3) is 0 Å². The van der Waals surface area contributed by atoms with Crippen LogP contribution < -0.4 is 10.6 Å². The number of aryl methyl sites for hydroxylation is 1.